The molecule has 4 nitrogen and oxygen atoms in total. The lowest BCUT2D eigenvalue weighted by Gasteiger charge is -2.37. The minimum Gasteiger partial charge on any atom is -0.465 e. The molecule has 0 spiro atoms. The van der Waals surface area contributed by atoms with E-state index in [2.05, 4.69) is 36.5 Å². The lowest BCUT2D eigenvalue weighted by atomic mass is 10.1. The molecular formula is C13H18N2O2. The van der Waals surface area contributed by atoms with Crippen LogP contribution in [0.25, 0.3) is 0 Å². The van der Waals surface area contributed by atoms with E-state index in [4.69, 9.17) is 5.11 Å². The maximum atomic E-state index is 10.6. The summed E-state index contributed by atoms with van der Waals surface area (Å²) in [6.45, 7) is 4.21. The van der Waals surface area contributed by atoms with Gasteiger partial charge in [0.15, 0.2) is 0 Å². The first-order valence-electron chi connectivity index (χ1n) is 5.92. The number of hydrogen-bond donors (Lipinski definition) is 2. The fourth-order valence-corrected chi connectivity index (χ4v) is 1.94. The fourth-order valence-electron chi connectivity index (χ4n) is 1.94. The Bertz CT molecular complexity index is 383. The third-order valence-electron chi connectivity index (χ3n) is 3.12. The van der Waals surface area contributed by atoms with Crippen LogP contribution in [0, 0.1) is 6.92 Å². The predicted octanol–water partition coefficient (Wildman–Crippen LogP) is 1.49. The van der Waals surface area contributed by atoms with Gasteiger partial charge in [-0.3, -0.25) is 0 Å². The van der Waals surface area contributed by atoms with Gasteiger partial charge in [-0.25, -0.2) is 4.79 Å². The van der Waals surface area contributed by atoms with Crippen molar-refractivity contribution in [2.24, 2.45) is 0 Å². The van der Waals surface area contributed by atoms with Crippen molar-refractivity contribution in [3.05, 3.63) is 35.4 Å². The van der Waals surface area contributed by atoms with E-state index in [-0.39, 0.29) is 0 Å². The number of rotatable bonds is 4. The fraction of sp³-hybridized carbons (Fsp3) is 0.462. The smallest absolute Gasteiger partial charge is 0.407 e. The summed E-state index contributed by atoms with van der Waals surface area (Å²) in [6, 6.07) is 8.84. The van der Waals surface area contributed by atoms with Gasteiger partial charge in [0.25, 0.3) is 0 Å². The Hall–Kier alpha value is -1.55. The van der Waals surface area contributed by atoms with Crippen LogP contribution in [0.15, 0.2) is 24.3 Å². The molecule has 0 radical (unpaired) electrons. The summed E-state index contributed by atoms with van der Waals surface area (Å²) in [7, 11) is 0. The maximum absolute atomic E-state index is 10.6. The Balaban J connectivity index is 1.64. The first-order chi connectivity index (χ1) is 8.15. The van der Waals surface area contributed by atoms with Crippen molar-refractivity contribution in [2.75, 3.05) is 19.6 Å². The third-order valence-corrected chi connectivity index (χ3v) is 3.12. The van der Waals surface area contributed by atoms with E-state index < -0.39 is 6.09 Å². The summed E-state index contributed by atoms with van der Waals surface area (Å²) < 4.78 is 0. The second-order valence-corrected chi connectivity index (χ2v) is 4.57. The molecule has 0 saturated carbocycles. The highest BCUT2D eigenvalue weighted by Crippen LogP contribution is 2.08. The molecule has 92 valence electrons. The van der Waals surface area contributed by atoms with Gasteiger partial charge >= 0.3 is 6.09 Å². The molecule has 2 rings (SSSR count). The second-order valence-electron chi connectivity index (χ2n) is 4.57. The molecule has 1 aromatic carbocycles. The molecule has 4 heteroatoms. The van der Waals surface area contributed by atoms with Gasteiger partial charge in [-0.15, -0.1) is 0 Å². The van der Waals surface area contributed by atoms with Gasteiger partial charge in [-0.05, 0) is 25.5 Å². The van der Waals surface area contributed by atoms with Crippen molar-refractivity contribution in [1.82, 2.24) is 10.2 Å². The first-order valence-corrected chi connectivity index (χ1v) is 5.92. The van der Waals surface area contributed by atoms with Crippen LogP contribution in [0.1, 0.15) is 11.1 Å². The summed E-state index contributed by atoms with van der Waals surface area (Å²) in [6.07, 6.45) is 0.172. The van der Waals surface area contributed by atoms with Crippen molar-refractivity contribution >= 4 is 6.09 Å². The summed E-state index contributed by atoms with van der Waals surface area (Å²) in [5.74, 6) is 0. The average Bonchev–Trinajstić information content (AvgIpc) is 2.23. The lowest BCUT2D eigenvalue weighted by molar-refractivity contribution is 0.0962. The number of hydrogen-bond acceptors (Lipinski definition) is 2. The minimum absolute atomic E-state index is 0.330. The zero-order valence-corrected chi connectivity index (χ0v) is 10.0. The molecule has 0 aliphatic carbocycles. The first kappa shape index (κ1) is 11.9. The lowest BCUT2D eigenvalue weighted by Crippen LogP contribution is -2.59. The van der Waals surface area contributed by atoms with E-state index in [1.54, 1.807) is 0 Å². The number of aryl methyl sites for hydroxylation is 1. The SMILES string of the molecule is Cc1ccc(CCNC2CN(C(=O)O)C2)cc1. The molecule has 0 atom stereocenters. The van der Waals surface area contributed by atoms with E-state index in [0.29, 0.717) is 19.1 Å². The second kappa shape index (κ2) is 5.19. The molecular weight excluding hydrogens is 216 g/mol. The highest BCUT2D eigenvalue weighted by atomic mass is 16.4. The van der Waals surface area contributed by atoms with Gasteiger partial charge in [0.05, 0.1) is 0 Å². The van der Waals surface area contributed by atoms with Crippen LogP contribution < -0.4 is 5.32 Å². The largest absolute Gasteiger partial charge is 0.465 e. The Labute approximate surface area is 101 Å². The Morgan fingerprint density at radius 1 is 1.41 bits per heavy atom. The number of nitrogens with one attached hydrogen (secondary N) is 1. The normalized spacial score (nSPS) is 15.7. The van der Waals surface area contributed by atoms with E-state index >= 15 is 0 Å². The van der Waals surface area contributed by atoms with Gasteiger partial charge < -0.3 is 15.3 Å². The molecule has 1 aliphatic heterocycles. The predicted molar refractivity (Wildman–Crippen MR) is 66.3 cm³/mol. The average molecular weight is 234 g/mol. The summed E-state index contributed by atoms with van der Waals surface area (Å²) in [5.41, 5.74) is 2.59. The van der Waals surface area contributed by atoms with Crippen molar-refractivity contribution in [3.8, 4) is 0 Å². The van der Waals surface area contributed by atoms with Gasteiger partial charge in [0.1, 0.15) is 0 Å². The van der Waals surface area contributed by atoms with Crippen LogP contribution in [-0.2, 0) is 6.42 Å². The molecule has 1 saturated heterocycles. The van der Waals surface area contributed by atoms with Gasteiger partial charge in [0.2, 0.25) is 0 Å². The van der Waals surface area contributed by atoms with Crippen LogP contribution in [0.5, 0.6) is 0 Å². The summed E-state index contributed by atoms with van der Waals surface area (Å²) >= 11 is 0. The highest BCUT2D eigenvalue weighted by Gasteiger charge is 2.29. The van der Waals surface area contributed by atoms with Crippen molar-refractivity contribution in [3.63, 3.8) is 0 Å². The highest BCUT2D eigenvalue weighted by molar-refractivity contribution is 5.66. The molecule has 0 aromatic heterocycles. The molecule has 1 aliphatic rings. The van der Waals surface area contributed by atoms with Gasteiger partial charge in [0, 0.05) is 19.1 Å². The van der Waals surface area contributed by atoms with Crippen LogP contribution in [0.2, 0.25) is 0 Å². The Kier molecular flexibility index (Phi) is 3.64. The molecule has 1 heterocycles. The quantitative estimate of drug-likeness (QED) is 0.830. The number of likely N-dealkylation sites (tertiary alicyclic amines) is 1. The zero-order chi connectivity index (χ0) is 12.3. The minimum atomic E-state index is -0.818. The molecule has 1 amide bonds. The number of carboxylic acid groups (broad SMARTS) is 1. The molecule has 2 N–H and O–H groups in total. The number of carbonyl (C=O) groups is 1. The van der Waals surface area contributed by atoms with Crippen molar-refractivity contribution < 1.29 is 9.90 Å². The van der Waals surface area contributed by atoms with Crippen LogP contribution >= 0.6 is 0 Å². The van der Waals surface area contributed by atoms with Gasteiger partial charge in [-0.1, -0.05) is 29.8 Å². The van der Waals surface area contributed by atoms with Crippen molar-refractivity contribution in [2.45, 2.75) is 19.4 Å². The number of amides is 1. The zero-order valence-electron chi connectivity index (χ0n) is 10.0. The molecule has 1 fully saturated rings. The Morgan fingerprint density at radius 2 is 2.06 bits per heavy atom. The van der Waals surface area contributed by atoms with Crippen molar-refractivity contribution in [1.29, 1.82) is 0 Å². The molecule has 0 bridgehead atoms. The summed E-state index contributed by atoms with van der Waals surface area (Å²) in [5, 5.41) is 12.0. The van der Waals surface area contributed by atoms with E-state index in [9.17, 15) is 4.79 Å². The van der Waals surface area contributed by atoms with Gasteiger partial charge in [-0.2, -0.15) is 0 Å². The molecule has 1 aromatic rings. The maximum Gasteiger partial charge on any atom is 0.407 e. The topological polar surface area (TPSA) is 52.6 Å². The van der Waals surface area contributed by atoms with Crippen LogP contribution in [0.3, 0.4) is 0 Å². The standard InChI is InChI=1S/C13H18N2O2/c1-10-2-4-11(5-3-10)6-7-14-12-8-15(9-12)13(16)17/h2-5,12,14H,6-9H2,1H3,(H,16,17). The monoisotopic (exact) mass is 234 g/mol. The number of benzene rings is 1. The Morgan fingerprint density at radius 3 is 2.65 bits per heavy atom. The number of nitrogens with zero attached hydrogens (tertiary/aromatic N) is 1. The third kappa shape index (κ3) is 3.20. The molecule has 17 heavy (non-hydrogen) atoms. The van der Waals surface area contributed by atoms with E-state index in [1.165, 1.54) is 16.0 Å². The van der Waals surface area contributed by atoms with E-state index in [0.717, 1.165) is 13.0 Å². The van der Waals surface area contributed by atoms with Crippen LogP contribution in [0.4, 0.5) is 4.79 Å². The van der Waals surface area contributed by atoms with Crippen LogP contribution in [-0.4, -0.2) is 41.8 Å². The molecule has 0 unspecified atom stereocenters. The summed E-state index contributed by atoms with van der Waals surface area (Å²) in [4.78, 5) is 12.0. The van der Waals surface area contributed by atoms with E-state index in [1.807, 2.05) is 0 Å².